The summed E-state index contributed by atoms with van der Waals surface area (Å²) < 4.78 is 43.4. The lowest BCUT2D eigenvalue weighted by molar-refractivity contribution is 0.0681. The lowest BCUT2D eigenvalue weighted by Crippen LogP contribution is -2.44. The lowest BCUT2D eigenvalue weighted by Gasteiger charge is -2.32. The first-order valence-corrected chi connectivity index (χ1v) is 9.73. The molecule has 0 bridgehead atoms. The van der Waals surface area contributed by atoms with E-state index in [4.69, 9.17) is 14.2 Å². The first kappa shape index (κ1) is 20.0. The third kappa shape index (κ3) is 5.31. The van der Waals surface area contributed by atoms with E-state index in [1.807, 2.05) is 18.2 Å². The van der Waals surface area contributed by atoms with Crippen molar-refractivity contribution in [1.82, 2.24) is 8.61 Å². The zero-order chi connectivity index (χ0) is 18.4. The lowest BCUT2D eigenvalue weighted by atomic mass is 9.99. The van der Waals surface area contributed by atoms with Crippen molar-refractivity contribution >= 4 is 10.2 Å². The van der Waals surface area contributed by atoms with Crippen LogP contribution in [0.25, 0.3) is 0 Å². The van der Waals surface area contributed by atoms with Gasteiger partial charge in [-0.15, -0.1) is 0 Å². The quantitative estimate of drug-likeness (QED) is 0.695. The van der Waals surface area contributed by atoms with Gasteiger partial charge in [-0.05, 0) is 36.5 Å². The Bertz CT molecular complexity index is 633. The van der Waals surface area contributed by atoms with Gasteiger partial charge in [-0.1, -0.05) is 0 Å². The normalized spacial score (nSPS) is 17.0. The Morgan fingerprint density at radius 2 is 1.64 bits per heavy atom. The third-order valence-corrected chi connectivity index (χ3v) is 6.34. The topological polar surface area (TPSA) is 68.3 Å². The van der Waals surface area contributed by atoms with Crippen molar-refractivity contribution in [2.24, 2.45) is 5.92 Å². The second kappa shape index (κ2) is 8.84. The van der Waals surface area contributed by atoms with Crippen LogP contribution in [0.15, 0.2) is 18.2 Å². The monoisotopic (exact) mass is 372 g/mol. The summed E-state index contributed by atoms with van der Waals surface area (Å²) in [6.07, 6.45) is 1.63. The molecule has 142 valence electrons. The number of methoxy groups -OCH3 is 2. The predicted octanol–water partition coefficient (Wildman–Crippen LogP) is 1.74. The van der Waals surface area contributed by atoms with Crippen molar-refractivity contribution in [3.63, 3.8) is 0 Å². The molecule has 0 N–H and O–H groups in total. The fourth-order valence-electron chi connectivity index (χ4n) is 2.83. The average molecular weight is 372 g/mol. The van der Waals surface area contributed by atoms with Gasteiger partial charge in [0.05, 0.1) is 20.8 Å². The number of benzene rings is 1. The number of hydrogen-bond acceptors (Lipinski definition) is 5. The Balaban J connectivity index is 1.80. The Hall–Kier alpha value is -1.35. The minimum atomic E-state index is -3.30. The molecule has 8 heteroatoms. The van der Waals surface area contributed by atoms with Crippen LogP contribution in [0.1, 0.15) is 18.4 Å². The predicted molar refractivity (Wildman–Crippen MR) is 96.1 cm³/mol. The molecule has 1 aromatic carbocycles. The van der Waals surface area contributed by atoms with Gasteiger partial charge in [0.1, 0.15) is 11.5 Å². The fourth-order valence-corrected chi connectivity index (χ4v) is 3.96. The van der Waals surface area contributed by atoms with Gasteiger partial charge < -0.3 is 14.2 Å². The molecule has 0 amide bonds. The zero-order valence-electron chi connectivity index (χ0n) is 15.4. The van der Waals surface area contributed by atoms with Crippen LogP contribution in [0.4, 0.5) is 0 Å². The summed E-state index contributed by atoms with van der Waals surface area (Å²) in [6.45, 7) is 2.18. The Kier molecular flexibility index (Phi) is 7.06. The molecule has 0 unspecified atom stereocenters. The molecule has 2 rings (SSSR count). The zero-order valence-corrected chi connectivity index (χ0v) is 16.2. The third-order valence-electron chi connectivity index (χ3n) is 4.39. The Labute approximate surface area is 150 Å². The fraction of sp³-hybridized carbons (Fsp3) is 0.647. The highest BCUT2D eigenvalue weighted by molar-refractivity contribution is 7.86. The van der Waals surface area contributed by atoms with E-state index in [1.54, 1.807) is 28.3 Å². The number of piperidine rings is 1. The molecule has 1 aliphatic heterocycles. The summed E-state index contributed by atoms with van der Waals surface area (Å²) >= 11 is 0. The van der Waals surface area contributed by atoms with E-state index in [0.717, 1.165) is 29.9 Å². The van der Waals surface area contributed by atoms with Crippen LogP contribution in [0, 0.1) is 5.92 Å². The first-order chi connectivity index (χ1) is 11.9. The molecule has 0 aromatic heterocycles. The number of ether oxygens (including phenoxy) is 3. The van der Waals surface area contributed by atoms with E-state index in [-0.39, 0.29) is 0 Å². The van der Waals surface area contributed by atoms with Gasteiger partial charge in [0.25, 0.3) is 10.2 Å². The second-order valence-electron chi connectivity index (χ2n) is 6.37. The second-order valence-corrected chi connectivity index (χ2v) is 8.51. The van der Waals surface area contributed by atoms with E-state index in [2.05, 4.69) is 0 Å². The van der Waals surface area contributed by atoms with Crippen molar-refractivity contribution in [1.29, 1.82) is 0 Å². The Morgan fingerprint density at radius 1 is 1.08 bits per heavy atom. The van der Waals surface area contributed by atoms with Crippen LogP contribution >= 0.6 is 0 Å². The van der Waals surface area contributed by atoms with E-state index in [9.17, 15) is 8.42 Å². The van der Waals surface area contributed by atoms with Gasteiger partial charge in [0, 0.05) is 39.9 Å². The minimum absolute atomic E-state index is 0.376. The van der Waals surface area contributed by atoms with E-state index < -0.39 is 10.2 Å². The van der Waals surface area contributed by atoms with Crippen molar-refractivity contribution in [2.45, 2.75) is 19.4 Å². The number of nitrogens with zero attached hydrogens (tertiary/aromatic N) is 2. The van der Waals surface area contributed by atoms with Crippen LogP contribution in [0.3, 0.4) is 0 Å². The number of hydrogen-bond donors (Lipinski definition) is 0. The molecule has 0 radical (unpaired) electrons. The maximum absolute atomic E-state index is 12.1. The summed E-state index contributed by atoms with van der Waals surface area (Å²) in [6, 6.07) is 5.67. The highest BCUT2D eigenvalue weighted by Crippen LogP contribution is 2.24. The van der Waals surface area contributed by atoms with Crippen LogP contribution in [-0.4, -0.2) is 65.0 Å². The van der Waals surface area contributed by atoms with E-state index in [0.29, 0.717) is 32.2 Å². The van der Waals surface area contributed by atoms with Crippen LogP contribution in [-0.2, 0) is 21.6 Å². The maximum Gasteiger partial charge on any atom is 0.281 e. The molecular weight excluding hydrogens is 344 g/mol. The van der Waals surface area contributed by atoms with E-state index >= 15 is 0 Å². The summed E-state index contributed by atoms with van der Waals surface area (Å²) in [7, 11) is 3.06. The molecule has 0 spiro atoms. The molecule has 0 atom stereocenters. The van der Waals surface area contributed by atoms with Crippen molar-refractivity contribution in [3.05, 3.63) is 23.8 Å². The molecule has 25 heavy (non-hydrogen) atoms. The Morgan fingerprint density at radius 3 is 2.12 bits per heavy atom. The van der Waals surface area contributed by atoms with Crippen LogP contribution in [0.2, 0.25) is 0 Å². The molecule has 0 aliphatic carbocycles. The minimum Gasteiger partial charge on any atom is -0.497 e. The standard InChI is InChI=1S/C17H28N2O5S/c1-18(2)25(20,21)19-7-5-14(6-8-19)12-24-13-15-9-16(22-3)11-17(10-15)23-4/h9-11,14H,5-8,12-13H2,1-4H3. The van der Waals surface area contributed by atoms with Crippen LogP contribution < -0.4 is 9.47 Å². The molecular formula is C17H28N2O5S. The smallest absolute Gasteiger partial charge is 0.281 e. The van der Waals surface area contributed by atoms with Gasteiger partial charge in [-0.2, -0.15) is 17.0 Å². The molecule has 7 nitrogen and oxygen atoms in total. The maximum atomic E-state index is 12.1. The molecule has 0 saturated carbocycles. The average Bonchev–Trinajstić information content (AvgIpc) is 2.61. The van der Waals surface area contributed by atoms with Crippen molar-refractivity contribution < 1.29 is 22.6 Å². The SMILES string of the molecule is COc1cc(COCC2CCN(S(=O)(=O)N(C)C)CC2)cc(OC)c1. The van der Waals surface area contributed by atoms with Crippen molar-refractivity contribution in [3.8, 4) is 11.5 Å². The van der Waals surface area contributed by atoms with Gasteiger partial charge in [0.2, 0.25) is 0 Å². The highest BCUT2D eigenvalue weighted by atomic mass is 32.2. The summed E-state index contributed by atoms with van der Waals surface area (Å²) in [5.74, 6) is 1.85. The van der Waals surface area contributed by atoms with Crippen LogP contribution in [0.5, 0.6) is 11.5 Å². The molecule has 1 fully saturated rings. The van der Waals surface area contributed by atoms with Gasteiger partial charge >= 0.3 is 0 Å². The van der Waals surface area contributed by atoms with Gasteiger partial charge in [0.15, 0.2) is 0 Å². The van der Waals surface area contributed by atoms with Gasteiger partial charge in [-0.3, -0.25) is 0 Å². The van der Waals surface area contributed by atoms with Crippen molar-refractivity contribution in [2.75, 3.05) is 48.0 Å². The summed E-state index contributed by atoms with van der Waals surface area (Å²) in [4.78, 5) is 0. The van der Waals surface area contributed by atoms with E-state index in [1.165, 1.54) is 8.61 Å². The molecule has 1 aromatic rings. The summed E-state index contributed by atoms with van der Waals surface area (Å²) in [5.41, 5.74) is 0.990. The summed E-state index contributed by atoms with van der Waals surface area (Å²) in [5, 5.41) is 0. The first-order valence-electron chi connectivity index (χ1n) is 8.34. The number of rotatable bonds is 8. The molecule has 1 saturated heterocycles. The highest BCUT2D eigenvalue weighted by Gasteiger charge is 2.29. The molecule has 1 heterocycles. The van der Waals surface area contributed by atoms with Gasteiger partial charge in [-0.25, -0.2) is 0 Å². The largest absolute Gasteiger partial charge is 0.497 e. The molecule has 1 aliphatic rings.